The van der Waals surface area contributed by atoms with E-state index in [-0.39, 0.29) is 12.5 Å². The number of carbonyl (C=O) groups excluding carboxylic acids is 3. The van der Waals surface area contributed by atoms with Gasteiger partial charge >= 0.3 is 18.1 Å². The third-order valence-electron chi connectivity index (χ3n) is 11.3. The van der Waals surface area contributed by atoms with Crippen LogP contribution < -0.4 is 0 Å². The maximum Gasteiger partial charge on any atom is 0.513 e. The highest BCUT2D eigenvalue weighted by molar-refractivity contribution is 5.88. The van der Waals surface area contributed by atoms with Crippen molar-refractivity contribution in [3.63, 3.8) is 0 Å². The molecular weight excluding hydrogens is 618 g/mol. The van der Waals surface area contributed by atoms with Crippen LogP contribution in [-0.4, -0.2) is 60.6 Å². The van der Waals surface area contributed by atoms with Gasteiger partial charge in [-0.05, 0) is 6.42 Å². The van der Waals surface area contributed by atoms with Gasteiger partial charge in [-0.25, -0.2) is 9.59 Å². The van der Waals surface area contributed by atoms with E-state index in [9.17, 15) is 14.4 Å². The van der Waals surface area contributed by atoms with E-state index in [1.165, 1.54) is 94.6 Å². The zero-order chi connectivity index (χ0) is 34.4. The molecule has 2 aromatic rings. The number of nitrogens with zero attached hydrogens (tertiary/aromatic N) is 1. The molecule has 49 heavy (non-hydrogen) atoms. The van der Waals surface area contributed by atoms with Gasteiger partial charge < -0.3 is 23.4 Å². The summed E-state index contributed by atoms with van der Waals surface area (Å²) in [6, 6.07) is 18.9. The summed E-state index contributed by atoms with van der Waals surface area (Å²) in [5, 5.41) is 0. The quantitative estimate of drug-likeness (QED) is 0.0482. The number of ether oxygens (including phenoxy) is 4. The van der Waals surface area contributed by atoms with Gasteiger partial charge in [0, 0.05) is 56.1 Å². The number of hydrogen-bond donors (Lipinski definition) is 0. The SMILES string of the molecule is CCCCCCCCCCCCCC(=O)OCOC(=O)OC(C(=O)OC1CC2CCC(C1)[N+]21CCCC1)(c1ccccc1)c1ccccc1. The van der Waals surface area contributed by atoms with Gasteiger partial charge in [-0.3, -0.25) is 4.79 Å². The lowest BCUT2D eigenvalue weighted by Gasteiger charge is -2.47. The summed E-state index contributed by atoms with van der Waals surface area (Å²) < 4.78 is 24.0. The minimum atomic E-state index is -1.89. The molecule has 1 spiro atoms. The number of hydrogen-bond acceptors (Lipinski definition) is 7. The Morgan fingerprint density at radius 2 is 1.20 bits per heavy atom. The Labute approximate surface area is 293 Å². The van der Waals surface area contributed by atoms with E-state index in [1.807, 2.05) is 12.1 Å². The predicted octanol–water partition coefficient (Wildman–Crippen LogP) is 9.13. The fourth-order valence-corrected chi connectivity index (χ4v) is 8.75. The summed E-state index contributed by atoms with van der Waals surface area (Å²) in [5.41, 5.74) is -0.980. The molecule has 3 heterocycles. The van der Waals surface area contributed by atoms with Crippen molar-refractivity contribution in [1.29, 1.82) is 0 Å². The van der Waals surface area contributed by atoms with Gasteiger partial charge in [-0.1, -0.05) is 132 Å². The first kappa shape index (κ1) is 36.9. The van der Waals surface area contributed by atoms with Crippen molar-refractivity contribution in [2.45, 2.75) is 146 Å². The first-order chi connectivity index (χ1) is 24.0. The van der Waals surface area contributed by atoms with Gasteiger partial charge in [0.2, 0.25) is 6.79 Å². The normalized spacial score (nSPS) is 21.0. The van der Waals surface area contributed by atoms with Crippen molar-refractivity contribution in [3.05, 3.63) is 71.8 Å². The number of rotatable bonds is 19. The fraction of sp³-hybridized carbons (Fsp3) is 0.634. The second-order valence-corrected chi connectivity index (χ2v) is 14.5. The van der Waals surface area contributed by atoms with Crippen LogP contribution in [0.25, 0.3) is 0 Å². The number of unbranched alkanes of at least 4 members (excludes halogenated alkanes) is 10. The molecule has 3 aliphatic heterocycles. The Bertz CT molecular complexity index is 1250. The summed E-state index contributed by atoms with van der Waals surface area (Å²) in [6.07, 6.45) is 18.5. The van der Waals surface area contributed by atoms with E-state index >= 15 is 0 Å². The molecular formula is C41H58NO7+. The van der Waals surface area contributed by atoms with E-state index in [0.717, 1.165) is 32.1 Å². The highest BCUT2D eigenvalue weighted by atomic mass is 16.8. The first-order valence-corrected chi connectivity index (χ1v) is 19.2. The summed E-state index contributed by atoms with van der Waals surface area (Å²) in [4.78, 5) is 40.1. The van der Waals surface area contributed by atoms with Crippen LogP contribution in [0.15, 0.2) is 60.7 Å². The van der Waals surface area contributed by atoms with Gasteiger partial charge in [0.05, 0.1) is 25.2 Å². The van der Waals surface area contributed by atoms with Crippen molar-refractivity contribution in [2.75, 3.05) is 19.9 Å². The molecule has 3 fully saturated rings. The van der Waals surface area contributed by atoms with Crippen molar-refractivity contribution >= 4 is 18.1 Å². The lowest BCUT2D eigenvalue weighted by atomic mass is 9.85. The van der Waals surface area contributed by atoms with Crippen molar-refractivity contribution in [3.8, 4) is 0 Å². The van der Waals surface area contributed by atoms with Gasteiger partial charge in [0.1, 0.15) is 6.10 Å². The second-order valence-electron chi connectivity index (χ2n) is 14.5. The summed E-state index contributed by atoms with van der Waals surface area (Å²) in [6.45, 7) is 4.11. The van der Waals surface area contributed by atoms with E-state index < -0.39 is 30.5 Å². The lowest BCUT2D eigenvalue weighted by molar-refractivity contribution is -0.956. The molecule has 2 aromatic carbocycles. The molecule has 2 atom stereocenters. The second kappa shape index (κ2) is 18.6. The molecule has 3 aliphatic rings. The first-order valence-electron chi connectivity index (χ1n) is 19.2. The van der Waals surface area contributed by atoms with Crippen LogP contribution in [0.5, 0.6) is 0 Å². The van der Waals surface area contributed by atoms with Gasteiger partial charge in [0.25, 0.3) is 5.60 Å². The summed E-state index contributed by atoms with van der Waals surface area (Å²) in [7, 11) is 0. The molecule has 0 amide bonds. The number of benzene rings is 2. The Balaban J connectivity index is 1.14. The molecule has 0 saturated carbocycles. The van der Waals surface area contributed by atoms with Crippen LogP contribution in [0, 0.1) is 0 Å². The molecule has 5 rings (SSSR count). The Kier molecular flexibility index (Phi) is 14.0. The molecule has 3 saturated heterocycles. The van der Waals surface area contributed by atoms with Crippen LogP contribution in [-0.2, 0) is 34.1 Å². The molecule has 0 radical (unpaired) electrons. The molecule has 0 N–H and O–H groups in total. The monoisotopic (exact) mass is 676 g/mol. The average Bonchev–Trinajstić information content (AvgIpc) is 3.66. The van der Waals surface area contributed by atoms with Gasteiger partial charge in [-0.2, -0.15) is 0 Å². The Hall–Kier alpha value is -3.39. The Morgan fingerprint density at radius 3 is 1.73 bits per heavy atom. The average molecular weight is 677 g/mol. The van der Waals surface area contributed by atoms with Crippen LogP contribution in [0.1, 0.15) is 134 Å². The van der Waals surface area contributed by atoms with Crippen molar-refractivity contribution in [1.82, 2.24) is 0 Å². The maximum absolute atomic E-state index is 14.4. The fourth-order valence-electron chi connectivity index (χ4n) is 8.75. The van der Waals surface area contributed by atoms with Crippen molar-refractivity contribution < 1.29 is 37.8 Å². The molecule has 2 bridgehead atoms. The zero-order valence-corrected chi connectivity index (χ0v) is 29.7. The van der Waals surface area contributed by atoms with Crippen LogP contribution in [0.3, 0.4) is 0 Å². The molecule has 8 nitrogen and oxygen atoms in total. The largest absolute Gasteiger partial charge is 0.513 e. The van der Waals surface area contributed by atoms with E-state index in [1.54, 1.807) is 48.5 Å². The third kappa shape index (κ3) is 9.44. The molecule has 2 unspecified atom stereocenters. The number of quaternary nitrogens is 1. The van der Waals surface area contributed by atoms with Crippen LogP contribution in [0.4, 0.5) is 4.79 Å². The van der Waals surface area contributed by atoms with Crippen LogP contribution in [0.2, 0.25) is 0 Å². The highest BCUT2D eigenvalue weighted by Crippen LogP contribution is 2.47. The van der Waals surface area contributed by atoms with E-state index in [2.05, 4.69) is 6.92 Å². The Morgan fingerprint density at radius 1 is 0.694 bits per heavy atom. The van der Waals surface area contributed by atoms with Crippen molar-refractivity contribution in [2.24, 2.45) is 0 Å². The minimum absolute atomic E-state index is 0.253. The predicted molar refractivity (Wildman–Crippen MR) is 188 cm³/mol. The number of carbonyl (C=O) groups is 3. The molecule has 0 aliphatic carbocycles. The third-order valence-corrected chi connectivity index (χ3v) is 11.3. The minimum Gasteiger partial charge on any atom is -0.458 e. The summed E-state index contributed by atoms with van der Waals surface area (Å²) in [5.74, 6) is -1.07. The summed E-state index contributed by atoms with van der Waals surface area (Å²) >= 11 is 0. The lowest BCUT2D eigenvalue weighted by Crippen LogP contribution is -2.60. The standard InChI is InChI=1S/C41H58NO7/c1-2-3-4-5-6-7-8-9-10-11-18-25-38(43)46-32-47-40(45)49-41(33-21-14-12-15-22-33,34-23-16-13-17-24-34)39(44)48-37-30-35-26-27-36(31-37)42(35)28-19-20-29-42/h12-17,21-24,35-37H,2-11,18-20,25-32H2,1H3/q+1. The van der Waals surface area contributed by atoms with Crippen LogP contribution >= 0.6 is 0 Å². The van der Waals surface area contributed by atoms with E-state index in [0.29, 0.717) is 23.2 Å². The smallest absolute Gasteiger partial charge is 0.458 e. The topological polar surface area (TPSA) is 88.1 Å². The number of piperidine rings is 1. The van der Waals surface area contributed by atoms with Gasteiger partial charge in [0.15, 0.2) is 0 Å². The van der Waals surface area contributed by atoms with Gasteiger partial charge in [-0.15, -0.1) is 0 Å². The maximum atomic E-state index is 14.4. The molecule has 0 aromatic heterocycles. The molecule has 268 valence electrons. The van der Waals surface area contributed by atoms with E-state index in [4.69, 9.17) is 18.9 Å². The number of esters is 2. The highest BCUT2D eigenvalue weighted by Gasteiger charge is 2.57. The molecule has 8 heteroatoms. The zero-order valence-electron chi connectivity index (χ0n) is 29.7.